The third-order valence-electron chi connectivity index (χ3n) is 1.28. The van der Waals surface area contributed by atoms with E-state index in [1.165, 1.54) is 5.06 Å². The van der Waals surface area contributed by atoms with Crippen molar-refractivity contribution in [2.24, 2.45) is 0 Å². The zero-order chi connectivity index (χ0) is 7.40. The van der Waals surface area contributed by atoms with Gasteiger partial charge in [0.2, 0.25) is 0 Å². The van der Waals surface area contributed by atoms with Gasteiger partial charge < -0.3 is 20.1 Å². The minimum Gasteiger partial charge on any atom is -0.466 e. The average molecular weight is 184 g/mol. The van der Waals surface area contributed by atoms with Crippen LogP contribution in [0.3, 0.4) is 0 Å². The number of carbonyl (C=O) groups is 1. The van der Waals surface area contributed by atoms with Gasteiger partial charge in [0.05, 0.1) is 0 Å². The third-order valence-corrected chi connectivity index (χ3v) is 1.28. The maximum Gasteiger partial charge on any atom is 1.00 e. The van der Waals surface area contributed by atoms with Gasteiger partial charge in [0.15, 0.2) is 0 Å². The van der Waals surface area contributed by atoms with Crippen molar-refractivity contribution in [3.63, 3.8) is 0 Å². The summed E-state index contributed by atoms with van der Waals surface area (Å²) in [6.45, 7) is 2.70. The van der Waals surface area contributed by atoms with Crippen molar-refractivity contribution < 1.29 is 66.1 Å². The molecule has 58 valence electrons. The molecule has 1 saturated heterocycles. The number of hydroxylamine groups is 2. The van der Waals surface area contributed by atoms with E-state index in [1.54, 1.807) is 0 Å². The zero-order valence-electron chi connectivity index (χ0n) is 6.50. The summed E-state index contributed by atoms with van der Waals surface area (Å²) in [4.78, 5) is 14.2. The molecule has 11 heavy (non-hydrogen) atoms. The molecule has 1 aliphatic heterocycles. The molecule has 6 heteroatoms. The van der Waals surface area contributed by atoms with Gasteiger partial charge in [-0.25, -0.2) is 5.06 Å². The minimum atomic E-state index is -1.48. The Balaban J connectivity index is 0.000001000. The Hall–Kier alpha value is 0.826. The molecular weight excluding hydrogens is 175 g/mol. The summed E-state index contributed by atoms with van der Waals surface area (Å²) in [5, 5.41) is 14.3. The number of carbonyl (C=O) groups excluding carboxylic acids is 1. The van der Waals surface area contributed by atoms with E-state index in [0.29, 0.717) is 13.1 Å². The van der Waals surface area contributed by atoms with Crippen molar-refractivity contribution in [1.82, 2.24) is 10.4 Å². The van der Waals surface area contributed by atoms with Crippen molar-refractivity contribution in [3.8, 4) is 0 Å². The van der Waals surface area contributed by atoms with Crippen molar-refractivity contribution in [3.05, 3.63) is 0 Å². The molecule has 0 aromatic rings. The summed E-state index contributed by atoms with van der Waals surface area (Å²) in [7, 11) is 0. The molecule has 0 saturated carbocycles. The van der Waals surface area contributed by atoms with Gasteiger partial charge in [-0.15, -0.1) is 0 Å². The van der Waals surface area contributed by atoms with E-state index < -0.39 is 6.16 Å². The maximum atomic E-state index is 9.87. The van der Waals surface area contributed by atoms with Gasteiger partial charge >= 0.3 is 51.4 Å². The average Bonchev–Trinajstić information content (AvgIpc) is 1.88. The predicted molar refractivity (Wildman–Crippen MR) is 30.9 cm³/mol. The van der Waals surface area contributed by atoms with E-state index in [4.69, 9.17) is 0 Å². The quantitative estimate of drug-likeness (QED) is 0.414. The summed E-state index contributed by atoms with van der Waals surface area (Å²) in [6.07, 6.45) is -1.48. The van der Waals surface area contributed by atoms with Crippen LogP contribution in [0.2, 0.25) is 0 Å². The van der Waals surface area contributed by atoms with Gasteiger partial charge in [-0.3, -0.25) is 0 Å². The van der Waals surface area contributed by atoms with Crippen molar-refractivity contribution in [2.75, 3.05) is 26.2 Å². The predicted octanol–water partition coefficient (Wildman–Crippen LogP) is -4.83. The van der Waals surface area contributed by atoms with Crippen LogP contribution in [0.15, 0.2) is 0 Å². The molecule has 0 spiro atoms. The molecule has 1 aliphatic rings. The molecule has 0 unspecified atom stereocenters. The Kier molecular flexibility index (Phi) is 6.83. The number of piperazine rings is 1. The fourth-order valence-electron chi connectivity index (χ4n) is 0.841. The molecule has 0 aromatic heterocycles. The molecule has 1 fully saturated rings. The second kappa shape index (κ2) is 6.35. The Morgan fingerprint density at radius 1 is 1.45 bits per heavy atom. The first-order chi connectivity index (χ1) is 4.79. The Labute approximate surface area is 107 Å². The second-order valence-corrected chi connectivity index (χ2v) is 2.02. The van der Waals surface area contributed by atoms with E-state index in [9.17, 15) is 9.90 Å². The van der Waals surface area contributed by atoms with Gasteiger partial charge in [-0.2, -0.15) is 0 Å². The Bertz CT molecular complexity index is 127. The summed E-state index contributed by atoms with van der Waals surface area (Å²) < 4.78 is 0. The topological polar surface area (TPSA) is 64.6 Å². The van der Waals surface area contributed by atoms with Gasteiger partial charge in [0, 0.05) is 26.2 Å². The smallest absolute Gasteiger partial charge is 0.466 e. The molecule has 0 atom stereocenters. The van der Waals surface area contributed by atoms with Gasteiger partial charge in [-0.05, 0) is 0 Å². The van der Waals surface area contributed by atoms with Gasteiger partial charge in [0.25, 0.3) is 6.16 Å². The van der Waals surface area contributed by atoms with Crippen LogP contribution in [0, 0.1) is 0 Å². The number of nitrogens with one attached hydrogen (secondary N) is 1. The SMILES string of the molecule is O=C([O-])ON1CCNCC1.[K+]. The molecule has 0 aliphatic carbocycles. The zero-order valence-corrected chi connectivity index (χ0v) is 9.62. The van der Waals surface area contributed by atoms with Crippen LogP contribution in [-0.4, -0.2) is 37.4 Å². The summed E-state index contributed by atoms with van der Waals surface area (Å²) in [5.74, 6) is 0. The fraction of sp³-hybridized carbons (Fsp3) is 0.800. The van der Waals surface area contributed by atoms with Crippen molar-refractivity contribution in [1.29, 1.82) is 0 Å². The Morgan fingerprint density at radius 2 is 2.00 bits per heavy atom. The molecule has 1 N–H and O–H groups in total. The number of nitrogens with zero attached hydrogens (tertiary/aromatic N) is 1. The summed E-state index contributed by atoms with van der Waals surface area (Å²) in [6, 6.07) is 0. The summed E-state index contributed by atoms with van der Waals surface area (Å²) >= 11 is 0. The van der Waals surface area contributed by atoms with Crippen LogP contribution < -0.4 is 61.8 Å². The maximum absolute atomic E-state index is 9.87. The van der Waals surface area contributed by atoms with Gasteiger partial charge in [0.1, 0.15) is 0 Å². The van der Waals surface area contributed by atoms with Crippen LogP contribution in [0.1, 0.15) is 0 Å². The van der Waals surface area contributed by atoms with Crippen LogP contribution in [0.4, 0.5) is 4.79 Å². The van der Waals surface area contributed by atoms with Crippen LogP contribution in [-0.2, 0) is 4.84 Å². The van der Waals surface area contributed by atoms with Crippen molar-refractivity contribution >= 4 is 6.16 Å². The summed E-state index contributed by atoms with van der Waals surface area (Å²) in [5.41, 5.74) is 0. The van der Waals surface area contributed by atoms with Crippen LogP contribution in [0.5, 0.6) is 0 Å². The van der Waals surface area contributed by atoms with E-state index in [1.807, 2.05) is 0 Å². The van der Waals surface area contributed by atoms with E-state index in [2.05, 4.69) is 10.2 Å². The van der Waals surface area contributed by atoms with E-state index >= 15 is 0 Å². The fourth-order valence-corrected chi connectivity index (χ4v) is 0.841. The third kappa shape index (κ3) is 5.13. The van der Waals surface area contributed by atoms with E-state index in [0.717, 1.165) is 13.1 Å². The normalized spacial score (nSPS) is 18.5. The molecule has 5 nitrogen and oxygen atoms in total. The first-order valence-corrected chi connectivity index (χ1v) is 3.13. The number of carboxylic acid groups (broad SMARTS) is 1. The molecule has 0 radical (unpaired) electrons. The number of rotatable bonds is 1. The molecule has 1 heterocycles. The van der Waals surface area contributed by atoms with Crippen LogP contribution in [0.25, 0.3) is 0 Å². The minimum absolute atomic E-state index is 0. The molecular formula is C5H9KN2O3. The molecule has 0 aromatic carbocycles. The number of hydrogen-bond acceptors (Lipinski definition) is 5. The first-order valence-electron chi connectivity index (χ1n) is 3.13. The Morgan fingerprint density at radius 3 is 2.45 bits per heavy atom. The molecule has 0 bridgehead atoms. The molecule has 0 amide bonds. The first kappa shape index (κ1) is 11.8. The largest absolute Gasteiger partial charge is 1.00 e. The van der Waals surface area contributed by atoms with Crippen LogP contribution >= 0.6 is 0 Å². The number of hydrogen-bond donors (Lipinski definition) is 1. The standard InChI is InChI=1S/C5H10N2O3.K/c8-5(9)10-7-3-1-6-2-4-7;/h6H,1-4H2,(H,8,9);/q;+1/p-1. The monoisotopic (exact) mass is 184 g/mol. The van der Waals surface area contributed by atoms with E-state index in [-0.39, 0.29) is 51.4 Å². The molecule has 1 rings (SSSR count). The van der Waals surface area contributed by atoms with Gasteiger partial charge in [-0.1, -0.05) is 0 Å². The van der Waals surface area contributed by atoms with Crippen molar-refractivity contribution in [2.45, 2.75) is 0 Å². The second-order valence-electron chi connectivity index (χ2n) is 2.02.